The van der Waals surface area contributed by atoms with E-state index in [1.165, 1.54) is 0 Å². The Morgan fingerprint density at radius 3 is 2.18 bits per heavy atom. The standard InChI is InChI=1S/C16H13N2O3P/c19-22(20,21)16-14-9-5-4-6-12(14)10-11-15(16)18-17-13-7-2-1-3-8-13/h1-11H,(H2,19,20,21)/b18-17+. The number of hydrogen-bond donors (Lipinski definition) is 2. The quantitative estimate of drug-likeness (QED) is 0.565. The van der Waals surface area contributed by atoms with Crippen molar-refractivity contribution in [3.8, 4) is 0 Å². The Morgan fingerprint density at radius 2 is 1.45 bits per heavy atom. The molecule has 110 valence electrons. The summed E-state index contributed by atoms with van der Waals surface area (Å²) in [4.78, 5) is 19.3. The molecule has 6 heteroatoms. The van der Waals surface area contributed by atoms with Gasteiger partial charge in [0.05, 0.1) is 11.0 Å². The zero-order valence-corrected chi connectivity index (χ0v) is 12.4. The highest BCUT2D eigenvalue weighted by atomic mass is 31.2. The molecule has 3 aromatic rings. The molecule has 0 saturated heterocycles. The lowest BCUT2D eigenvalue weighted by atomic mass is 10.1. The molecule has 3 aromatic carbocycles. The number of nitrogens with zero attached hydrogens (tertiary/aromatic N) is 2. The molecular formula is C16H13N2O3P. The molecule has 0 aliphatic heterocycles. The van der Waals surface area contributed by atoms with Gasteiger partial charge in [-0.3, -0.25) is 4.57 Å². The summed E-state index contributed by atoms with van der Waals surface area (Å²) < 4.78 is 11.9. The molecule has 0 bridgehead atoms. The smallest absolute Gasteiger partial charge is 0.321 e. The van der Waals surface area contributed by atoms with Gasteiger partial charge < -0.3 is 9.79 Å². The largest absolute Gasteiger partial charge is 0.359 e. The average molecular weight is 312 g/mol. The summed E-state index contributed by atoms with van der Waals surface area (Å²) in [6.45, 7) is 0. The van der Waals surface area contributed by atoms with Crippen LogP contribution in [-0.2, 0) is 4.57 Å². The molecule has 2 N–H and O–H groups in total. The first kappa shape index (κ1) is 14.6. The monoisotopic (exact) mass is 312 g/mol. The van der Waals surface area contributed by atoms with Crippen LogP contribution in [-0.4, -0.2) is 9.79 Å². The van der Waals surface area contributed by atoms with E-state index in [9.17, 15) is 14.4 Å². The minimum absolute atomic E-state index is 0.0923. The van der Waals surface area contributed by atoms with E-state index in [-0.39, 0.29) is 11.0 Å². The normalized spacial score (nSPS) is 12.1. The number of azo groups is 1. The van der Waals surface area contributed by atoms with Crippen molar-refractivity contribution < 1.29 is 14.4 Å². The minimum atomic E-state index is -4.48. The van der Waals surface area contributed by atoms with Gasteiger partial charge in [-0.15, -0.1) is 5.11 Å². The summed E-state index contributed by atoms with van der Waals surface area (Å²) in [7, 11) is -4.48. The Bertz CT molecular complexity index is 888. The first-order valence-electron chi connectivity index (χ1n) is 6.60. The molecule has 0 unspecified atom stereocenters. The summed E-state index contributed by atoms with van der Waals surface area (Å²) >= 11 is 0. The summed E-state index contributed by atoms with van der Waals surface area (Å²) in [6.07, 6.45) is 0. The second-order valence-electron chi connectivity index (χ2n) is 4.73. The van der Waals surface area contributed by atoms with Gasteiger partial charge in [0.15, 0.2) is 0 Å². The predicted octanol–water partition coefficient (Wildman–Crippen LogP) is 4.06. The number of fused-ring (bicyclic) bond motifs is 1. The molecule has 5 nitrogen and oxygen atoms in total. The number of hydrogen-bond acceptors (Lipinski definition) is 3. The Labute approximate surface area is 127 Å². The van der Waals surface area contributed by atoms with Crippen molar-refractivity contribution in [3.05, 3.63) is 66.7 Å². The maximum absolute atomic E-state index is 11.9. The minimum Gasteiger partial charge on any atom is -0.321 e. The van der Waals surface area contributed by atoms with Gasteiger partial charge in [-0.2, -0.15) is 5.11 Å². The van der Waals surface area contributed by atoms with Crippen LogP contribution in [0.1, 0.15) is 0 Å². The Morgan fingerprint density at radius 1 is 0.773 bits per heavy atom. The van der Waals surface area contributed by atoms with Gasteiger partial charge in [-0.25, -0.2) is 0 Å². The lowest BCUT2D eigenvalue weighted by Gasteiger charge is -2.10. The van der Waals surface area contributed by atoms with E-state index in [1.807, 2.05) is 24.3 Å². The van der Waals surface area contributed by atoms with Crippen molar-refractivity contribution in [1.82, 2.24) is 0 Å². The van der Waals surface area contributed by atoms with Gasteiger partial charge in [0.2, 0.25) is 0 Å². The summed E-state index contributed by atoms with van der Waals surface area (Å²) in [5, 5.41) is 9.21. The van der Waals surface area contributed by atoms with E-state index in [0.29, 0.717) is 11.1 Å². The molecular weight excluding hydrogens is 299 g/mol. The van der Waals surface area contributed by atoms with Gasteiger partial charge in [-0.1, -0.05) is 48.5 Å². The zero-order chi connectivity index (χ0) is 15.6. The highest BCUT2D eigenvalue weighted by Gasteiger charge is 2.24. The number of benzene rings is 3. The average Bonchev–Trinajstić information content (AvgIpc) is 2.52. The highest BCUT2D eigenvalue weighted by molar-refractivity contribution is 7.61. The van der Waals surface area contributed by atoms with E-state index in [1.54, 1.807) is 42.5 Å². The predicted molar refractivity (Wildman–Crippen MR) is 86.2 cm³/mol. The molecule has 0 aliphatic carbocycles. The molecule has 0 saturated carbocycles. The summed E-state index contributed by atoms with van der Waals surface area (Å²) in [6, 6.07) is 19.4. The molecule has 0 spiro atoms. The van der Waals surface area contributed by atoms with Gasteiger partial charge in [0, 0.05) is 0 Å². The first-order chi connectivity index (χ1) is 10.6. The lowest BCUT2D eigenvalue weighted by Crippen LogP contribution is -2.06. The molecule has 0 heterocycles. The third-order valence-corrected chi connectivity index (χ3v) is 4.25. The Kier molecular flexibility index (Phi) is 3.86. The molecule has 0 aliphatic rings. The summed E-state index contributed by atoms with van der Waals surface area (Å²) in [5.41, 5.74) is 0.795. The molecule has 0 fully saturated rings. The van der Waals surface area contributed by atoms with Crippen molar-refractivity contribution >= 4 is 35.0 Å². The second-order valence-corrected chi connectivity index (χ2v) is 6.27. The second kappa shape index (κ2) is 5.81. The van der Waals surface area contributed by atoms with Gasteiger partial charge in [0.1, 0.15) is 5.69 Å². The van der Waals surface area contributed by atoms with Crippen LogP contribution in [0.25, 0.3) is 10.8 Å². The van der Waals surface area contributed by atoms with E-state index in [4.69, 9.17) is 0 Å². The Hall–Kier alpha value is -2.33. The van der Waals surface area contributed by atoms with Crippen molar-refractivity contribution in [2.24, 2.45) is 10.2 Å². The molecule has 3 rings (SSSR count). The molecule has 0 radical (unpaired) electrons. The fourth-order valence-electron chi connectivity index (χ4n) is 2.24. The topological polar surface area (TPSA) is 82.2 Å². The lowest BCUT2D eigenvalue weighted by molar-refractivity contribution is 0.388. The van der Waals surface area contributed by atoms with Crippen LogP contribution in [0, 0.1) is 0 Å². The SMILES string of the molecule is O=P(O)(O)c1c(/N=N/c2ccccc2)ccc2ccccc12. The van der Waals surface area contributed by atoms with Crippen LogP contribution >= 0.6 is 7.60 Å². The third-order valence-electron chi connectivity index (χ3n) is 3.20. The molecule has 0 atom stereocenters. The van der Waals surface area contributed by atoms with Crippen LogP contribution in [0.5, 0.6) is 0 Å². The third kappa shape index (κ3) is 2.97. The first-order valence-corrected chi connectivity index (χ1v) is 8.21. The van der Waals surface area contributed by atoms with Crippen LogP contribution in [0.15, 0.2) is 77.0 Å². The Balaban J connectivity index is 2.17. The van der Waals surface area contributed by atoms with E-state index < -0.39 is 7.60 Å². The highest BCUT2D eigenvalue weighted by Crippen LogP contribution is 2.41. The fourth-order valence-corrected chi connectivity index (χ4v) is 3.17. The van der Waals surface area contributed by atoms with Gasteiger partial charge >= 0.3 is 7.60 Å². The van der Waals surface area contributed by atoms with Crippen LogP contribution in [0.2, 0.25) is 0 Å². The van der Waals surface area contributed by atoms with Gasteiger partial charge in [-0.05, 0) is 29.0 Å². The summed E-state index contributed by atoms with van der Waals surface area (Å²) in [5.74, 6) is 0. The van der Waals surface area contributed by atoms with E-state index in [0.717, 1.165) is 5.39 Å². The van der Waals surface area contributed by atoms with E-state index in [2.05, 4.69) is 10.2 Å². The van der Waals surface area contributed by atoms with Crippen molar-refractivity contribution in [2.75, 3.05) is 0 Å². The van der Waals surface area contributed by atoms with Crippen molar-refractivity contribution in [2.45, 2.75) is 0 Å². The maximum Gasteiger partial charge on any atom is 0.359 e. The number of rotatable bonds is 3. The fraction of sp³-hybridized carbons (Fsp3) is 0. The molecule has 0 amide bonds. The van der Waals surface area contributed by atoms with Crippen LogP contribution in [0.3, 0.4) is 0 Å². The van der Waals surface area contributed by atoms with Crippen molar-refractivity contribution in [3.63, 3.8) is 0 Å². The maximum atomic E-state index is 11.9. The van der Waals surface area contributed by atoms with E-state index >= 15 is 0 Å². The zero-order valence-electron chi connectivity index (χ0n) is 11.5. The van der Waals surface area contributed by atoms with Gasteiger partial charge in [0.25, 0.3) is 0 Å². The molecule has 0 aromatic heterocycles. The van der Waals surface area contributed by atoms with Crippen LogP contribution in [0.4, 0.5) is 11.4 Å². The van der Waals surface area contributed by atoms with Crippen LogP contribution < -0.4 is 5.30 Å². The molecule has 22 heavy (non-hydrogen) atoms. The van der Waals surface area contributed by atoms with Crippen molar-refractivity contribution in [1.29, 1.82) is 0 Å².